The molecule has 0 aliphatic rings. The zero-order chi connectivity index (χ0) is 40.1. The summed E-state index contributed by atoms with van der Waals surface area (Å²) in [6, 6.07) is -0.543. The van der Waals surface area contributed by atoms with Gasteiger partial charge in [0.25, 0.3) is 0 Å². The Morgan fingerprint density at radius 3 is 1.31 bits per heavy atom. The Morgan fingerprint density at radius 1 is 0.491 bits per heavy atom. The lowest BCUT2D eigenvalue weighted by Gasteiger charge is -2.22. The molecular weight excluding hydrogens is 683 g/mol. The normalized spacial score (nSPS) is 12.7. The standard InChI is InChI=1S/C49H95NO5/c1-3-5-7-9-11-13-14-19-23-27-31-35-39-43-49(54)55-44-40-36-32-28-24-21-18-16-15-17-20-22-26-30-34-38-42-48(53)50-46(45-51)47(52)41-37-33-29-25-12-10-8-6-4-2/h13-14,46-47,51-52H,3-12,15-45H2,1-2H3,(H,50,53)/b14-13-. The molecule has 6 heteroatoms. The highest BCUT2D eigenvalue weighted by Crippen LogP contribution is 2.16. The van der Waals surface area contributed by atoms with E-state index in [0.29, 0.717) is 25.9 Å². The van der Waals surface area contributed by atoms with E-state index in [1.165, 1.54) is 186 Å². The van der Waals surface area contributed by atoms with E-state index in [4.69, 9.17) is 4.74 Å². The molecular formula is C49H95NO5. The predicted octanol–water partition coefficient (Wildman–Crippen LogP) is 14.2. The maximum atomic E-state index is 12.4. The summed E-state index contributed by atoms with van der Waals surface area (Å²) in [5.41, 5.74) is 0. The molecule has 0 saturated heterocycles. The molecule has 0 aromatic heterocycles. The molecule has 0 saturated carbocycles. The van der Waals surface area contributed by atoms with Crippen LogP contribution in [0.1, 0.15) is 264 Å². The van der Waals surface area contributed by atoms with Gasteiger partial charge in [-0.15, -0.1) is 0 Å². The summed E-state index contributed by atoms with van der Waals surface area (Å²) in [5.74, 6) is -0.0509. The molecule has 0 aliphatic carbocycles. The van der Waals surface area contributed by atoms with Gasteiger partial charge < -0.3 is 20.3 Å². The molecule has 6 nitrogen and oxygen atoms in total. The zero-order valence-corrected chi connectivity index (χ0v) is 36.9. The molecule has 0 rings (SSSR count). The van der Waals surface area contributed by atoms with Gasteiger partial charge in [0.05, 0.1) is 25.4 Å². The monoisotopic (exact) mass is 778 g/mol. The third-order valence-electron chi connectivity index (χ3n) is 11.3. The molecule has 2 atom stereocenters. The van der Waals surface area contributed by atoms with Crippen molar-refractivity contribution < 1.29 is 24.5 Å². The van der Waals surface area contributed by atoms with Gasteiger partial charge in [0.2, 0.25) is 5.91 Å². The second-order valence-corrected chi connectivity index (χ2v) is 16.8. The summed E-state index contributed by atoms with van der Waals surface area (Å²) < 4.78 is 5.45. The van der Waals surface area contributed by atoms with Crippen molar-refractivity contribution in [2.45, 2.75) is 276 Å². The first-order chi connectivity index (χ1) is 27.0. The van der Waals surface area contributed by atoms with Crippen molar-refractivity contribution in [2.75, 3.05) is 13.2 Å². The average molecular weight is 778 g/mol. The molecule has 0 heterocycles. The summed E-state index contributed by atoms with van der Waals surface area (Å²) in [7, 11) is 0. The molecule has 0 radical (unpaired) electrons. The van der Waals surface area contributed by atoms with E-state index in [1.807, 2.05) is 0 Å². The number of nitrogens with one attached hydrogen (secondary N) is 1. The third-order valence-corrected chi connectivity index (χ3v) is 11.3. The number of carbonyl (C=O) groups excluding carboxylic acids is 2. The molecule has 55 heavy (non-hydrogen) atoms. The molecule has 0 spiro atoms. The van der Waals surface area contributed by atoms with Gasteiger partial charge in [-0.2, -0.15) is 0 Å². The smallest absolute Gasteiger partial charge is 0.305 e. The van der Waals surface area contributed by atoms with E-state index in [9.17, 15) is 19.8 Å². The van der Waals surface area contributed by atoms with Crippen LogP contribution in [-0.4, -0.2) is 47.4 Å². The largest absolute Gasteiger partial charge is 0.466 e. The molecule has 0 bridgehead atoms. The first-order valence-corrected chi connectivity index (χ1v) is 24.4. The van der Waals surface area contributed by atoms with Crippen LogP contribution in [0.2, 0.25) is 0 Å². The number of allylic oxidation sites excluding steroid dienone is 2. The first-order valence-electron chi connectivity index (χ1n) is 24.4. The highest BCUT2D eigenvalue weighted by Gasteiger charge is 2.20. The number of carbonyl (C=O) groups is 2. The SMILES string of the molecule is CCCCCC/C=C\CCCCCCCC(=O)OCCCCCCCCCCCCCCCCCCC(=O)NC(CO)C(O)CCCCCCCCCCC. The average Bonchev–Trinajstić information content (AvgIpc) is 3.18. The fraction of sp³-hybridized carbons (Fsp3) is 0.918. The van der Waals surface area contributed by atoms with Crippen LogP contribution in [0.3, 0.4) is 0 Å². The molecule has 0 aromatic rings. The lowest BCUT2D eigenvalue weighted by molar-refractivity contribution is -0.143. The quantitative estimate of drug-likeness (QED) is 0.0325. The predicted molar refractivity (Wildman–Crippen MR) is 237 cm³/mol. The Balaban J connectivity index is 3.40. The van der Waals surface area contributed by atoms with E-state index in [0.717, 1.165) is 44.9 Å². The summed E-state index contributed by atoms with van der Waals surface area (Å²) in [5, 5.41) is 23.0. The Kier molecular flexibility index (Phi) is 44.2. The van der Waals surface area contributed by atoms with Crippen molar-refractivity contribution in [3.63, 3.8) is 0 Å². The number of ether oxygens (including phenoxy) is 1. The number of hydrogen-bond donors (Lipinski definition) is 3. The number of unbranched alkanes of at least 4 members (excludes halogenated alkanes) is 32. The van der Waals surface area contributed by atoms with Crippen LogP contribution in [0.4, 0.5) is 0 Å². The van der Waals surface area contributed by atoms with Gasteiger partial charge in [-0.05, 0) is 51.4 Å². The molecule has 0 fully saturated rings. The van der Waals surface area contributed by atoms with Crippen LogP contribution in [0.5, 0.6) is 0 Å². The molecule has 0 aromatic carbocycles. The van der Waals surface area contributed by atoms with Gasteiger partial charge >= 0.3 is 5.97 Å². The van der Waals surface area contributed by atoms with Crippen LogP contribution >= 0.6 is 0 Å². The maximum Gasteiger partial charge on any atom is 0.305 e. The summed E-state index contributed by atoms with van der Waals surface area (Å²) in [4.78, 5) is 24.4. The summed E-state index contributed by atoms with van der Waals surface area (Å²) in [6.07, 6.45) is 50.3. The Bertz CT molecular complexity index is 817. The van der Waals surface area contributed by atoms with E-state index in [-0.39, 0.29) is 18.5 Å². The van der Waals surface area contributed by atoms with E-state index >= 15 is 0 Å². The van der Waals surface area contributed by atoms with E-state index in [2.05, 4.69) is 31.3 Å². The fourth-order valence-corrected chi connectivity index (χ4v) is 7.51. The van der Waals surface area contributed by atoms with Crippen molar-refractivity contribution in [1.82, 2.24) is 5.32 Å². The van der Waals surface area contributed by atoms with Crippen LogP contribution in [0, 0.1) is 0 Å². The minimum absolute atomic E-state index is 0.00645. The van der Waals surface area contributed by atoms with Crippen molar-refractivity contribution >= 4 is 11.9 Å². The highest BCUT2D eigenvalue weighted by molar-refractivity contribution is 5.76. The van der Waals surface area contributed by atoms with Crippen LogP contribution in [0.25, 0.3) is 0 Å². The van der Waals surface area contributed by atoms with Crippen molar-refractivity contribution in [1.29, 1.82) is 0 Å². The molecule has 2 unspecified atom stereocenters. The van der Waals surface area contributed by atoms with E-state index in [1.54, 1.807) is 0 Å². The second kappa shape index (κ2) is 45.3. The van der Waals surface area contributed by atoms with E-state index < -0.39 is 12.1 Å². The van der Waals surface area contributed by atoms with Crippen molar-refractivity contribution in [3.8, 4) is 0 Å². The molecule has 326 valence electrons. The Morgan fingerprint density at radius 2 is 0.855 bits per heavy atom. The lowest BCUT2D eigenvalue weighted by Crippen LogP contribution is -2.45. The Hall–Kier alpha value is -1.40. The summed E-state index contributed by atoms with van der Waals surface area (Å²) >= 11 is 0. The number of aliphatic hydroxyl groups is 2. The lowest BCUT2D eigenvalue weighted by atomic mass is 10.0. The topological polar surface area (TPSA) is 95.9 Å². The number of esters is 1. The maximum absolute atomic E-state index is 12.4. The second-order valence-electron chi connectivity index (χ2n) is 16.8. The molecule has 1 amide bonds. The number of amides is 1. The van der Waals surface area contributed by atoms with Gasteiger partial charge in [0, 0.05) is 12.8 Å². The van der Waals surface area contributed by atoms with Crippen molar-refractivity contribution in [3.05, 3.63) is 12.2 Å². The third kappa shape index (κ3) is 42.0. The van der Waals surface area contributed by atoms with Crippen LogP contribution in [0.15, 0.2) is 12.2 Å². The minimum atomic E-state index is -0.665. The van der Waals surface area contributed by atoms with Gasteiger partial charge in [-0.3, -0.25) is 9.59 Å². The van der Waals surface area contributed by atoms with Gasteiger partial charge in [0.1, 0.15) is 0 Å². The zero-order valence-electron chi connectivity index (χ0n) is 36.9. The fourth-order valence-electron chi connectivity index (χ4n) is 7.51. The number of rotatable bonds is 45. The number of hydrogen-bond acceptors (Lipinski definition) is 5. The summed E-state index contributed by atoms with van der Waals surface area (Å²) in [6.45, 7) is 4.90. The minimum Gasteiger partial charge on any atom is -0.466 e. The highest BCUT2D eigenvalue weighted by atomic mass is 16.5. The Labute approximate surface area is 342 Å². The van der Waals surface area contributed by atoms with Gasteiger partial charge in [-0.25, -0.2) is 0 Å². The van der Waals surface area contributed by atoms with Crippen LogP contribution < -0.4 is 5.32 Å². The molecule has 0 aliphatic heterocycles. The first kappa shape index (κ1) is 53.6. The van der Waals surface area contributed by atoms with Crippen molar-refractivity contribution in [2.24, 2.45) is 0 Å². The van der Waals surface area contributed by atoms with Crippen LogP contribution in [-0.2, 0) is 14.3 Å². The van der Waals surface area contributed by atoms with Gasteiger partial charge in [-0.1, -0.05) is 212 Å². The van der Waals surface area contributed by atoms with Gasteiger partial charge in [0.15, 0.2) is 0 Å². The number of aliphatic hydroxyl groups excluding tert-OH is 2. The molecule has 3 N–H and O–H groups in total.